The molecule has 0 atom stereocenters. The van der Waals surface area contributed by atoms with Gasteiger partial charge in [-0.1, -0.05) is 17.7 Å². The molecule has 0 amide bonds. The van der Waals surface area contributed by atoms with E-state index in [1.165, 1.54) is 6.07 Å². The third-order valence-electron chi connectivity index (χ3n) is 3.49. The number of hydrogen-bond acceptors (Lipinski definition) is 5. The fourth-order valence-electron chi connectivity index (χ4n) is 2.48. The van der Waals surface area contributed by atoms with E-state index in [9.17, 15) is 4.79 Å². The monoisotopic (exact) mass is 305 g/mol. The van der Waals surface area contributed by atoms with Crippen molar-refractivity contribution < 1.29 is 0 Å². The molecule has 0 bridgehead atoms. The first-order valence-electron chi connectivity index (χ1n) is 6.82. The Hall–Kier alpha value is -2.08. The Bertz CT molecular complexity index is 674. The van der Waals surface area contributed by atoms with Crippen molar-refractivity contribution in [2.45, 2.75) is 6.92 Å². The molecule has 1 fully saturated rings. The van der Waals surface area contributed by atoms with Gasteiger partial charge in [0.05, 0.1) is 0 Å². The Morgan fingerprint density at radius 3 is 2.52 bits per heavy atom. The number of pyridine rings is 1. The lowest BCUT2D eigenvalue weighted by molar-refractivity contribution is 0.639. The topological polar surface area (TPSA) is 65.1 Å². The molecule has 1 saturated heterocycles. The van der Waals surface area contributed by atoms with E-state index in [0.29, 0.717) is 11.0 Å². The van der Waals surface area contributed by atoms with Crippen LogP contribution in [0.15, 0.2) is 29.1 Å². The van der Waals surface area contributed by atoms with Gasteiger partial charge in [-0.15, -0.1) is 0 Å². The van der Waals surface area contributed by atoms with Crippen molar-refractivity contribution in [2.75, 3.05) is 36.0 Å². The summed E-state index contributed by atoms with van der Waals surface area (Å²) < 4.78 is 0. The van der Waals surface area contributed by atoms with Gasteiger partial charge < -0.3 is 14.8 Å². The summed E-state index contributed by atoms with van der Waals surface area (Å²) in [4.78, 5) is 27.1. The molecule has 0 aromatic carbocycles. The quantitative estimate of drug-likeness (QED) is 0.851. The fourth-order valence-corrected chi connectivity index (χ4v) is 2.70. The van der Waals surface area contributed by atoms with Gasteiger partial charge in [-0.05, 0) is 13.0 Å². The molecule has 1 aliphatic heterocycles. The fraction of sp³-hybridized carbons (Fsp3) is 0.357. The Balaban J connectivity index is 1.71. The SMILES string of the molecule is Cc1nc(Cl)cc(N2CCN(c3cccc(=O)[nH]3)CC2)n1. The molecule has 3 heterocycles. The van der Waals surface area contributed by atoms with Gasteiger partial charge in [-0.3, -0.25) is 4.79 Å². The largest absolute Gasteiger partial charge is 0.355 e. The van der Waals surface area contributed by atoms with Crippen molar-refractivity contribution in [3.63, 3.8) is 0 Å². The normalized spacial score (nSPS) is 15.3. The minimum atomic E-state index is -0.0758. The third kappa shape index (κ3) is 3.16. The lowest BCUT2D eigenvalue weighted by Crippen LogP contribution is -2.47. The van der Waals surface area contributed by atoms with E-state index in [-0.39, 0.29) is 5.56 Å². The van der Waals surface area contributed by atoms with Crippen LogP contribution in [-0.2, 0) is 0 Å². The van der Waals surface area contributed by atoms with E-state index in [2.05, 4.69) is 24.8 Å². The molecule has 1 aliphatic rings. The molecule has 0 aliphatic carbocycles. The number of H-pyrrole nitrogens is 1. The Morgan fingerprint density at radius 2 is 1.86 bits per heavy atom. The number of hydrogen-bond donors (Lipinski definition) is 1. The number of aromatic nitrogens is 3. The molecule has 2 aromatic heterocycles. The van der Waals surface area contributed by atoms with Crippen LogP contribution in [0.5, 0.6) is 0 Å². The number of rotatable bonds is 2. The number of aryl methyl sites for hydroxylation is 1. The summed E-state index contributed by atoms with van der Waals surface area (Å²) in [5.74, 6) is 2.39. The predicted octanol–water partition coefficient (Wildman–Crippen LogP) is 1.45. The maximum Gasteiger partial charge on any atom is 0.249 e. The average molecular weight is 306 g/mol. The zero-order valence-corrected chi connectivity index (χ0v) is 12.5. The van der Waals surface area contributed by atoms with Crippen molar-refractivity contribution in [3.05, 3.63) is 45.6 Å². The average Bonchev–Trinajstić information content (AvgIpc) is 2.46. The van der Waals surface area contributed by atoms with Crippen LogP contribution in [0.2, 0.25) is 5.15 Å². The van der Waals surface area contributed by atoms with Gasteiger partial charge in [0.25, 0.3) is 0 Å². The second kappa shape index (κ2) is 5.73. The zero-order chi connectivity index (χ0) is 14.8. The first-order valence-corrected chi connectivity index (χ1v) is 7.20. The van der Waals surface area contributed by atoms with E-state index in [4.69, 9.17) is 11.6 Å². The van der Waals surface area contributed by atoms with Crippen LogP contribution < -0.4 is 15.4 Å². The Kier molecular flexibility index (Phi) is 3.79. The number of nitrogens with one attached hydrogen (secondary N) is 1. The predicted molar refractivity (Wildman–Crippen MR) is 83.3 cm³/mol. The second-order valence-electron chi connectivity index (χ2n) is 4.97. The molecule has 110 valence electrons. The highest BCUT2D eigenvalue weighted by molar-refractivity contribution is 6.29. The Morgan fingerprint density at radius 1 is 1.14 bits per heavy atom. The van der Waals surface area contributed by atoms with Gasteiger partial charge >= 0.3 is 0 Å². The summed E-state index contributed by atoms with van der Waals surface area (Å²) in [6.07, 6.45) is 0. The molecular weight excluding hydrogens is 290 g/mol. The number of anilines is 2. The van der Waals surface area contributed by atoms with E-state index in [1.54, 1.807) is 12.1 Å². The molecule has 1 N–H and O–H groups in total. The molecule has 0 saturated carbocycles. The van der Waals surface area contributed by atoms with Crippen molar-refractivity contribution >= 4 is 23.2 Å². The minimum absolute atomic E-state index is 0.0758. The van der Waals surface area contributed by atoms with Crippen molar-refractivity contribution in [1.29, 1.82) is 0 Å². The number of aromatic amines is 1. The molecule has 2 aromatic rings. The lowest BCUT2D eigenvalue weighted by atomic mass is 10.3. The van der Waals surface area contributed by atoms with E-state index in [1.807, 2.05) is 13.0 Å². The van der Waals surface area contributed by atoms with Gasteiger partial charge in [0, 0.05) is 38.3 Å². The molecule has 3 rings (SSSR count). The van der Waals surface area contributed by atoms with Gasteiger partial charge in [0.2, 0.25) is 5.56 Å². The molecule has 0 radical (unpaired) electrons. The standard InChI is InChI=1S/C14H16ClN5O/c1-10-16-11(15)9-13(17-10)20-7-5-19(6-8-20)12-3-2-4-14(21)18-12/h2-4,9H,5-8H2,1H3,(H,18,21). The van der Waals surface area contributed by atoms with E-state index >= 15 is 0 Å². The summed E-state index contributed by atoms with van der Waals surface area (Å²) in [5.41, 5.74) is -0.0758. The van der Waals surface area contributed by atoms with E-state index < -0.39 is 0 Å². The maximum atomic E-state index is 11.4. The molecule has 0 unspecified atom stereocenters. The highest BCUT2D eigenvalue weighted by Gasteiger charge is 2.19. The van der Waals surface area contributed by atoms with Gasteiger partial charge in [0.1, 0.15) is 22.6 Å². The van der Waals surface area contributed by atoms with Crippen LogP contribution in [0.25, 0.3) is 0 Å². The summed E-state index contributed by atoms with van der Waals surface area (Å²) in [7, 11) is 0. The lowest BCUT2D eigenvalue weighted by Gasteiger charge is -2.36. The van der Waals surface area contributed by atoms with Crippen molar-refractivity contribution in [1.82, 2.24) is 15.0 Å². The summed E-state index contributed by atoms with van der Waals surface area (Å²) in [5, 5.41) is 0.465. The first-order chi connectivity index (χ1) is 10.1. The van der Waals surface area contributed by atoms with Gasteiger partial charge in [0.15, 0.2) is 0 Å². The first kappa shape index (κ1) is 13.9. The molecule has 0 spiro atoms. The maximum absolute atomic E-state index is 11.4. The minimum Gasteiger partial charge on any atom is -0.355 e. The zero-order valence-electron chi connectivity index (χ0n) is 11.7. The molecular formula is C14H16ClN5O. The van der Waals surface area contributed by atoms with Gasteiger partial charge in [-0.2, -0.15) is 0 Å². The number of halogens is 1. The van der Waals surface area contributed by atoms with Crippen LogP contribution in [0, 0.1) is 6.92 Å². The highest BCUT2D eigenvalue weighted by Crippen LogP contribution is 2.19. The summed E-state index contributed by atoms with van der Waals surface area (Å²) in [6, 6.07) is 7.00. The van der Waals surface area contributed by atoms with Crippen molar-refractivity contribution in [2.24, 2.45) is 0 Å². The summed E-state index contributed by atoms with van der Waals surface area (Å²) in [6.45, 7) is 5.12. The molecule has 7 heteroatoms. The number of nitrogens with zero attached hydrogens (tertiary/aromatic N) is 4. The van der Waals surface area contributed by atoms with Crippen LogP contribution in [0.4, 0.5) is 11.6 Å². The Labute approximate surface area is 127 Å². The summed E-state index contributed by atoms with van der Waals surface area (Å²) >= 11 is 5.98. The number of piperazine rings is 1. The van der Waals surface area contributed by atoms with Crippen LogP contribution >= 0.6 is 11.6 Å². The van der Waals surface area contributed by atoms with Crippen LogP contribution in [0.1, 0.15) is 5.82 Å². The smallest absolute Gasteiger partial charge is 0.249 e. The van der Waals surface area contributed by atoms with Crippen LogP contribution in [0.3, 0.4) is 0 Å². The molecule has 21 heavy (non-hydrogen) atoms. The van der Waals surface area contributed by atoms with Gasteiger partial charge in [-0.25, -0.2) is 9.97 Å². The highest BCUT2D eigenvalue weighted by atomic mass is 35.5. The third-order valence-corrected chi connectivity index (χ3v) is 3.68. The van der Waals surface area contributed by atoms with Crippen molar-refractivity contribution in [3.8, 4) is 0 Å². The van der Waals surface area contributed by atoms with E-state index in [0.717, 1.165) is 37.8 Å². The molecule has 6 nitrogen and oxygen atoms in total. The second-order valence-corrected chi connectivity index (χ2v) is 5.36. The van der Waals surface area contributed by atoms with Crippen LogP contribution in [-0.4, -0.2) is 41.1 Å².